The van der Waals surface area contributed by atoms with Gasteiger partial charge in [0.25, 0.3) is 0 Å². The summed E-state index contributed by atoms with van der Waals surface area (Å²) in [4.78, 5) is 4.58. The molecule has 7 heteroatoms. The molecule has 1 aliphatic rings. The molecular formula is C19H20N4O3. The van der Waals surface area contributed by atoms with E-state index in [0.29, 0.717) is 24.6 Å². The summed E-state index contributed by atoms with van der Waals surface area (Å²) < 4.78 is 12.7. The van der Waals surface area contributed by atoms with Gasteiger partial charge < -0.3 is 19.6 Å². The Bertz CT molecular complexity index is 898. The number of aliphatic hydroxyl groups excluding tert-OH is 1. The van der Waals surface area contributed by atoms with E-state index >= 15 is 0 Å². The maximum absolute atomic E-state index is 9.05. The second kappa shape index (κ2) is 7.05. The quantitative estimate of drug-likeness (QED) is 0.709. The van der Waals surface area contributed by atoms with E-state index in [1.807, 2.05) is 41.1 Å². The summed E-state index contributed by atoms with van der Waals surface area (Å²) in [6, 6.07) is 11.4. The molecule has 4 rings (SSSR count). The van der Waals surface area contributed by atoms with Crippen LogP contribution in [0.1, 0.15) is 29.6 Å². The number of fused-ring (bicyclic) bond motifs is 1. The number of methoxy groups -OCH3 is 1. The summed E-state index contributed by atoms with van der Waals surface area (Å²) in [5.74, 6) is 2.95. The summed E-state index contributed by atoms with van der Waals surface area (Å²) in [6.07, 6.45) is 4.98. The minimum atomic E-state index is -0.186. The lowest BCUT2D eigenvalue weighted by molar-refractivity contribution is 0.287. The summed E-state index contributed by atoms with van der Waals surface area (Å²) >= 11 is 0. The Kier molecular flexibility index (Phi) is 4.45. The van der Waals surface area contributed by atoms with Crippen molar-refractivity contribution in [2.24, 2.45) is 0 Å². The summed E-state index contributed by atoms with van der Waals surface area (Å²) in [6.45, 7) is 0.119. The van der Waals surface area contributed by atoms with Gasteiger partial charge in [-0.3, -0.25) is 0 Å². The van der Waals surface area contributed by atoms with Crippen LogP contribution in [0, 0.1) is 0 Å². The number of hydrogen-bond acceptors (Lipinski definition) is 6. The van der Waals surface area contributed by atoms with Crippen LogP contribution >= 0.6 is 0 Å². The van der Waals surface area contributed by atoms with Crippen LogP contribution in [-0.2, 0) is 6.42 Å². The zero-order valence-electron chi connectivity index (χ0n) is 14.4. The number of aryl methyl sites for hydroxylation is 1. The molecule has 0 radical (unpaired) electrons. The second-order valence-electron chi connectivity index (χ2n) is 6.02. The van der Waals surface area contributed by atoms with Gasteiger partial charge in [0.1, 0.15) is 17.6 Å². The third-order valence-corrected chi connectivity index (χ3v) is 4.30. The molecule has 0 aliphatic carbocycles. The number of nitrogens with zero attached hydrogens (tertiary/aromatic N) is 3. The first-order chi connectivity index (χ1) is 12.8. The Morgan fingerprint density at radius 2 is 2.12 bits per heavy atom. The number of allylic oxidation sites excluding steroid dienone is 1. The van der Waals surface area contributed by atoms with Crippen LogP contribution in [0.4, 0.5) is 5.95 Å². The van der Waals surface area contributed by atoms with Crippen LogP contribution in [0.5, 0.6) is 5.75 Å². The molecule has 0 fully saturated rings. The molecule has 1 unspecified atom stereocenters. The SMILES string of the molecule is COc1ccc(C2=CC(c3ccco3)n3nc(CCCO)nc3N2)cc1. The Morgan fingerprint density at radius 3 is 2.81 bits per heavy atom. The molecule has 2 N–H and O–H groups in total. The molecule has 1 aromatic carbocycles. The van der Waals surface area contributed by atoms with Gasteiger partial charge in [-0.15, -0.1) is 0 Å². The van der Waals surface area contributed by atoms with Gasteiger partial charge in [0, 0.05) is 18.7 Å². The highest BCUT2D eigenvalue weighted by Gasteiger charge is 2.26. The predicted molar refractivity (Wildman–Crippen MR) is 96.9 cm³/mol. The Morgan fingerprint density at radius 1 is 1.27 bits per heavy atom. The zero-order chi connectivity index (χ0) is 17.9. The molecule has 1 aliphatic heterocycles. The Labute approximate surface area is 150 Å². The van der Waals surface area contributed by atoms with Crippen molar-refractivity contribution in [1.82, 2.24) is 14.8 Å². The van der Waals surface area contributed by atoms with E-state index in [1.54, 1.807) is 13.4 Å². The topological polar surface area (TPSA) is 85.3 Å². The minimum absolute atomic E-state index is 0.119. The number of ether oxygens (including phenoxy) is 1. The van der Waals surface area contributed by atoms with Gasteiger partial charge in [-0.2, -0.15) is 10.1 Å². The third-order valence-electron chi connectivity index (χ3n) is 4.30. The van der Waals surface area contributed by atoms with Crippen molar-refractivity contribution in [3.63, 3.8) is 0 Å². The molecule has 1 atom stereocenters. The van der Waals surface area contributed by atoms with Gasteiger partial charge in [-0.1, -0.05) is 0 Å². The van der Waals surface area contributed by atoms with Gasteiger partial charge in [0.15, 0.2) is 5.82 Å². The van der Waals surface area contributed by atoms with E-state index in [0.717, 1.165) is 22.8 Å². The van der Waals surface area contributed by atoms with Crippen molar-refractivity contribution in [1.29, 1.82) is 0 Å². The van der Waals surface area contributed by atoms with Gasteiger partial charge in [-0.05, 0) is 54.5 Å². The number of nitrogens with one attached hydrogen (secondary N) is 1. The number of aromatic nitrogens is 3. The molecule has 26 heavy (non-hydrogen) atoms. The fourth-order valence-corrected chi connectivity index (χ4v) is 2.98. The van der Waals surface area contributed by atoms with Crippen LogP contribution < -0.4 is 10.1 Å². The molecule has 3 aromatic rings. The van der Waals surface area contributed by atoms with E-state index in [2.05, 4.69) is 21.5 Å². The number of anilines is 1. The van der Waals surface area contributed by atoms with Crippen LogP contribution in [0.25, 0.3) is 5.70 Å². The largest absolute Gasteiger partial charge is 0.497 e. The van der Waals surface area contributed by atoms with E-state index in [1.165, 1.54) is 0 Å². The molecule has 0 spiro atoms. The van der Waals surface area contributed by atoms with Gasteiger partial charge in [0.05, 0.1) is 13.4 Å². The maximum Gasteiger partial charge on any atom is 0.226 e. The fraction of sp³-hybridized carbons (Fsp3) is 0.263. The molecule has 0 amide bonds. The molecule has 0 bridgehead atoms. The standard InChI is InChI=1S/C19H20N4O3/c1-25-14-8-6-13(7-9-14)15-12-16(17-4-3-11-26-17)23-19(20-15)21-18(22-23)5-2-10-24/h3-4,6-9,11-12,16,24H,2,5,10H2,1H3,(H,20,21,22). The highest BCUT2D eigenvalue weighted by atomic mass is 16.5. The lowest BCUT2D eigenvalue weighted by Crippen LogP contribution is -2.19. The fourth-order valence-electron chi connectivity index (χ4n) is 2.98. The Hall–Kier alpha value is -3.06. The Balaban J connectivity index is 1.71. The average molecular weight is 352 g/mol. The number of benzene rings is 1. The van der Waals surface area contributed by atoms with E-state index in [4.69, 9.17) is 14.3 Å². The first kappa shape index (κ1) is 16.4. The lowest BCUT2D eigenvalue weighted by atomic mass is 10.1. The van der Waals surface area contributed by atoms with Crippen LogP contribution in [0.15, 0.2) is 53.2 Å². The molecular weight excluding hydrogens is 332 g/mol. The van der Waals surface area contributed by atoms with Crippen molar-refractivity contribution in [3.8, 4) is 5.75 Å². The van der Waals surface area contributed by atoms with Gasteiger partial charge in [0.2, 0.25) is 5.95 Å². The van der Waals surface area contributed by atoms with Gasteiger partial charge >= 0.3 is 0 Å². The van der Waals surface area contributed by atoms with E-state index < -0.39 is 0 Å². The van der Waals surface area contributed by atoms with Crippen molar-refractivity contribution in [2.45, 2.75) is 18.9 Å². The zero-order valence-corrected chi connectivity index (χ0v) is 14.4. The molecule has 0 saturated carbocycles. The lowest BCUT2D eigenvalue weighted by Gasteiger charge is -2.22. The summed E-state index contributed by atoms with van der Waals surface area (Å²) in [5.41, 5.74) is 1.95. The van der Waals surface area contributed by atoms with Crippen LogP contribution in [0.3, 0.4) is 0 Å². The van der Waals surface area contributed by atoms with Crippen molar-refractivity contribution < 1.29 is 14.3 Å². The maximum atomic E-state index is 9.05. The van der Waals surface area contributed by atoms with E-state index in [-0.39, 0.29) is 12.6 Å². The van der Waals surface area contributed by atoms with Gasteiger partial charge in [-0.25, -0.2) is 4.68 Å². The monoisotopic (exact) mass is 352 g/mol. The number of furan rings is 1. The normalized spacial score (nSPS) is 15.9. The molecule has 0 saturated heterocycles. The summed E-state index contributed by atoms with van der Waals surface area (Å²) in [5, 5.41) is 17.0. The summed E-state index contributed by atoms with van der Waals surface area (Å²) in [7, 11) is 1.65. The molecule has 7 nitrogen and oxygen atoms in total. The third kappa shape index (κ3) is 3.09. The highest BCUT2D eigenvalue weighted by molar-refractivity contribution is 5.77. The molecule has 134 valence electrons. The number of aliphatic hydroxyl groups is 1. The van der Waals surface area contributed by atoms with E-state index in [9.17, 15) is 0 Å². The predicted octanol–water partition coefficient (Wildman–Crippen LogP) is 2.86. The second-order valence-corrected chi connectivity index (χ2v) is 6.02. The van der Waals surface area contributed by atoms with Crippen molar-refractivity contribution in [2.75, 3.05) is 19.0 Å². The first-order valence-corrected chi connectivity index (χ1v) is 8.51. The number of rotatable bonds is 6. The minimum Gasteiger partial charge on any atom is -0.497 e. The van der Waals surface area contributed by atoms with Crippen LogP contribution in [-0.4, -0.2) is 33.6 Å². The smallest absolute Gasteiger partial charge is 0.226 e. The van der Waals surface area contributed by atoms with Crippen molar-refractivity contribution >= 4 is 11.6 Å². The van der Waals surface area contributed by atoms with Crippen molar-refractivity contribution in [3.05, 3.63) is 65.9 Å². The highest BCUT2D eigenvalue weighted by Crippen LogP contribution is 2.33. The molecule has 2 aromatic heterocycles. The number of hydrogen-bond donors (Lipinski definition) is 2. The average Bonchev–Trinajstić information content (AvgIpc) is 3.35. The first-order valence-electron chi connectivity index (χ1n) is 8.51. The van der Waals surface area contributed by atoms with Crippen LogP contribution in [0.2, 0.25) is 0 Å². The molecule has 3 heterocycles.